The van der Waals surface area contributed by atoms with Crippen molar-refractivity contribution in [3.05, 3.63) is 41.5 Å². The molecule has 1 aromatic heterocycles. The lowest BCUT2D eigenvalue weighted by molar-refractivity contribution is 0.101. The second-order valence-corrected chi connectivity index (χ2v) is 4.05. The maximum atomic E-state index is 11.8. The number of hydrogen-bond donors (Lipinski definition) is 2. The molecular weight excluding hydrogens is 244 g/mol. The van der Waals surface area contributed by atoms with E-state index < -0.39 is 0 Å². The molecule has 0 saturated heterocycles. The van der Waals surface area contributed by atoms with Crippen LogP contribution in [0.15, 0.2) is 24.3 Å². The fraction of sp³-hybridized carbons (Fsp3) is 0.231. The summed E-state index contributed by atoms with van der Waals surface area (Å²) in [4.78, 5) is 27.0. The van der Waals surface area contributed by atoms with Crippen LogP contribution in [0.2, 0.25) is 0 Å². The van der Waals surface area contributed by atoms with Crippen molar-refractivity contribution in [2.24, 2.45) is 0 Å². The molecule has 2 aromatic rings. The highest BCUT2D eigenvalue weighted by atomic mass is 16.2. The van der Waals surface area contributed by atoms with Gasteiger partial charge in [0.05, 0.1) is 0 Å². The average Bonchev–Trinajstić information content (AvgIpc) is 2.88. The molecule has 0 radical (unpaired) electrons. The van der Waals surface area contributed by atoms with Crippen LogP contribution in [0.4, 0.5) is 5.69 Å². The molecule has 0 atom stereocenters. The van der Waals surface area contributed by atoms with Crippen molar-refractivity contribution in [1.29, 1.82) is 0 Å². The molecular formula is C13H14N4O2. The minimum atomic E-state index is -0.383. The molecule has 0 aliphatic rings. The Labute approximate surface area is 110 Å². The summed E-state index contributed by atoms with van der Waals surface area (Å²) in [5.41, 5.74) is 1.20. The molecule has 0 saturated carbocycles. The molecule has 2 N–H and O–H groups in total. The van der Waals surface area contributed by atoms with Crippen LogP contribution >= 0.6 is 0 Å². The van der Waals surface area contributed by atoms with Crippen LogP contribution in [0.25, 0.3) is 0 Å². The highest BCUT2D eigenvalue weighted by Crippen LogP contribution is 2.10. The first-order valence-electron chi connectivity index (χ1n) is 5.93. The Balaban J connectivity index is 2.08. The van der Waals surface area contributed by atoms with Gasteiger partial charge in [0.1, 0.15) is 5.82 Å². The van der Waals surface area contributed by atoms with Crippen LogP contribution < -0.4 is 5.32 Å². The molecule has 1 aromatic carbocycles. The lowest BCUT2D eigenvalue weighted by Gasteiger charge is -2.03. The van der Waals surface area contributed by atoms with E-state index in [2.05, 4.69) is 20.5 Å². The molecule has 6 nitrogen and oxygen atoms in total. The summed E-state index contributed by atoms with van der Waals surface area (Å²) < 4.78 is 0. The third-order valence-corrected chi connectivity index (χ3v) is 2.62. The van der Waals surface area contributed by atoms with Crippen molar-refractivity contribution in [3.8, 4) is 0 Å². The summed E-state index contributed by atoms with van der Waals surface area (Å²) in [6.45, 7) is 3.41. The number of rotatable bonds is 4. The highest BCUT2D eigenvalue weighted by Gasteiger charge is 2.12. The Morgan fingerprint density at radius 3 is 2.47 bits per heavy atom. The van der Waals surface area contributed by atoms with Crippen LogP contribution in [-0.2, 0) is 6.42 Å². The first-order valence-corrected chi connectivity index (χ1v) is 5.93. The molecule has 98 valence electrons. The molecule has 0 bridgehead atoms. The standard InChI is InChI=1S/C13H14N4O2/c1-3-11-15-12(17-16-11)13(19)14-10-6-4-9(5-7-10)8(2)18/h4-7H,3H2,1-2H3,(H,14,19)(H,15,16,17). The summed E-state index contributed by atoms with van der Waals surface area (Å²) >= 11 is 0. The summed E-state index contributed by atoms with van der Waals surface area (Å²) in [5, 5.41) is 9.17. The molecule has 0 spiro atoms. The van der Waals surface area contributed by atoms with Gasteiger partial charge in [0.15, 0.2) is 5.78 Å². The zero-order valence-corrected chi connectivity index (χ0v) is 10.7. The lowest BCUT2D eigenvalue weighted by atomic mass is 10.1. The van der Waals surface area contributed by atoms with E-state index >= 15 is 0 Å². The summed E-state index contributed by atoms with van der Waals surface area (Å²) in [6.07, 6.45) is 0.688. The van der Waals surface area contributed by atoms with Gasteiger partial charge in [-0.15, -0.1) is 5.10 Å². The predicted octanol–water partition coefficient (Wildman–Crippen LogP) is 1.82. The van der Waals surface area contributed by atoms with Gasteiger partial charge in [0.25, 0.3) is 5.91 Å². The average molecular weight is 258 g/mol. The van der Waals surface area contributed by atoms with Gasteiger partial charge in [-0.05, 0) is 31.2 Å². The quantitative estimate of drug-likeness (QED) is 0.819. The van der Waals surface area contributed by atoms with E-state index in [4.69, 9.17) is 0 Å². The summed E-state index contributed by atoms with van der Waals surface area (Å²) in [7, 11) is 0. The number of aryl methyl sites for hydroxylation is 1. The van der Waals surface area contributed by atoms with Gasteiger partial charge in [-0.3, -0.25) is 14.7 Å². The number of H-pyrrole nitrogens is 1. The highest BCUT2D eigenvalue weighted by molar-refractivity contribution is 6.02. The maximum absolute atomic E-state index is 11.8. The van der Waals surface area contributed by atoms with Crippen molar-refractivity contribution in [1.82, 2.24) is 15.2 Å². The number of carbonyl (C=O) groups excluding carboxylic acids is 2. The van der Waals surface area contributed by atoms with E-state index in [1.165, 1.54) is 6.92 Å². The van der Waals surface area contributed by atoms with Gasteiger partial charge in [-0.25, -0.2) is 4.98 Å². The van der Waals surface area contributed by atoms with Crippen molar-refractivity contribution < 1.29 is 9.59 Å². The van der Waals surface area contributed by atoms with Crippen LogP contribution in [-0.4, -0.2) is 26.9 Å². The van der Waals surface area contributed by atoms with E-state index in [-0.39, 0.29) is 17.5 Å². The topological polar surface area (TPSA) is 87.7 Å². The van der Waals surface area contributed by atoms with Crippen LogP contribution in [0.5, 0.6) is 0 Å². The summed E-state index contributed by atoms with van der Waals surface area (Å²) in [5.74, 6) is 0.371. The zero-order valence-electron chi connectivity index (χ0n) is 10.7. The maximum Gasteiger partial charge on any atom is 0.295 e. The Morgan fingerprint density at radius 2 is 1.95 bits per heavy atom. The SMILES string of the molecule is CCc1nc(C(=O)Nc2ccc(C(C)=O)cc2)n[nH]1. The second-order valence-electron chi connectivity index (χ2n) is 4.05. The van der Waals surface area contributed by atoms with Crippen molar-refractivity contribution in [2.45, 2.75) is 20.3 Å². The smallest absolute Gasteiger partial charge is 0.295 e. The number of hydrogen-bond acceptors (Lipinski definition) is 4. The molecule has 1 amide bonds. The third-order valence-electron chi connectivity index (χ3n) is 2.62. The van der Waals surface area contributed by atoms with E-state index in [0.29, 0.717) is 23.5 Å². The monoisotopic (exact) mass is 258 g/mol. The molecule has 6 heteroatoms. The lowest BCUT2D eigenvalue weighted by Crippen LogP contribution is -2.13. The molecule has 0 fully saturated rings. The van der Waals surface area contributed by atoms with E-state index in [1.54, 1.807) is 24.3 Å². The normalized spacial score (nSPS) is 10.2. The minimum absolute atomic E-state index is 0.0144. The Kier molecular flexibility index (Phi) is 3.70. The molecule has 0 aliphatic heterocycles. The van der Waals surface area contributed by atoms with Gasteiger partial charge in [-0.1, -0.05) is 6.92 Å². The van der Waals surface area contributed by atoms with E-state index in [9.17, 15) is 9.59 Å². The number of amides is 1. The Hall–Kier alpha value is -2.50. The number of anilines is 1. The first kappa shape index (κ1) is 12.9. The van der Waals surface area contributed by atoms with Gasteiger partial charge in [-0.2, -0.15) is 0 Å². The van der Waals surface area contributed by atoms with Gasteiger partial charge >= 0.3 is 0 Å². The van der Waals surface area contributed by atoms with Crippen LogP contribution in [0.1, 0.15) is 40.6 Å². The Bertz CT molecular complexity index is 601. The van der Waals surface area contributed by atoms with E-state index in [1.807, 2.05) is 6.92 Å². The van der Waals surface area contributed by atoms with Crippen molar-refractivity contribution in [2.75, 3.05) is 5.32 Å². The fourth-order valence-electron chi connectivity index (χ4n) is 1.53. The van der Waals surface area contributed by atoms with Crippen LogP contribution in [0.3, 0.4) is 0 Å². The second kappa shape index (κ2) is 5.43. The number of Topliss-reactive ketones (excluding diaryl/α,β-unsaturated/α-hetero) is 1. The third kappa shape index (κ3) is 3.04. The number of nitrogens with zero attached hydrogens (tertiary/aromatic N) is 2. The number of nitrogens with one attached hydrogen (secondary N) is 2. The first-order chi connectivity index (χ1) is 9.10. The Morgan fingerprint density at radius 1 is 1.26 bits per heavy atom. The molecule has 2 rings (SSSR count). The molecule has 0 unspecified atom stereocenters. The van der Waals surface area contributed by atoms with Crippen LogP contribution in [0, 0.1) is 0 Å². The van der Waals surface area contributed by atoms with Gasteiger partial charge in [0.2, 0.25) is 5.82 Å². The largest absolute Gasteiger partial charge is 0.319 e. The van der Waals surface area contributed by atoms with Gasteiger partial charge < -0.3 is 5.32 Å². The van der Waals surface area contributed by atoms with Gasteiger partial charge in [0, 0.05) is 17.7 Å². The predicted molar refractivity (Wildman–Crippen MR) is 70.2 cm³/mol. The number of ketones is 1. The fourth-order valence-corrected chi connectivity index (χ4v) is 1.53. The molecule has 0 aliphatic carbocycles. The molecule has 19 heavy (non-hydrogen) atoms. The minimum Gasteiger partial charge on any atom is -0.319 e. The van der Waals surface area contributed by atoms with Crippen molar-refractivity contribution in [3.63, 3.8) is 0 Å². The number of carbonyl (C=O) groups is 2. The zero-order chi connectivity index (χ0) is 13.8. The van der Waals surface area contributed by atoms with E-state index in [0.717, 1.165) is 0 Å². The number of aromatic nitrogens is 3. The number of benzene rings is 1. The van der Waals surface area contributed by atoms with Crippen molar-refractivity contribution >= 4 is 17.4 Å². The number of aromatic amines is 1. The molecule has 1 heterocycles. The summed E-state index contributed by atoms with van der Waals surface area (Å²) in [6, 6.07) is 6.66.